The predicted octanol–water partition coefficient (Wildman–Crippen LogP) is 3.09. The van der Waals surface area contributed by atoms with E-state index in [1.54, 1.807) is 18.2 Å². The lowest BCUT2D eigenvalue weighted by molar-refractivity contribution is 0.0599. The van der Waals surface area contributed by atoms with Crippen molar-refractivity contribution in [3.05, 3.63) is 55.8 Å². The molecular weight excluding hydrogens is 236 g/mol. The molecule has 0 aliphatic carbocycles. The highest BCUT2D eigenvalue weighted by Gasteiger charge is 2.11. The largest absolute Gasteiger partial charge is 0.465 e. The minimum Gasteiger partial charge on any atom is -0.465 e. The molecular formula is C10H10N6O2. The van der Waals surface area contributed by atoms with Gasteiger partial charge in [0, 0.05) is 9.82 Å². The number of benzene rings is 1. The third kappa shape index (κ3) is 3.41. The van der Waals surface area contributed by atoms with Crippen LogP contribution < -0.4 is 0 Å². The third-order valence-electron chi connectivity index (χ3n) is 2.20. The fourth-order valence-electron chi connectivity index (χ4n) is 1.38. The quantitative estimate of drug-likeness (QED) is 0.342. The highest BCUT2D eigenvalue weighted by Crippen LogP contribution is 2.15. The Bertz CT molecular complexity index is 543. The van der Waals surface area contributed by atoms with Gasteiger partial charge in [-0.3, -0.25) is 0 Å². The minimum absolute atomic E-state index is 0.0583. The van der Waals surface area contributed by atoms with E-state index in [4.69, 9.17) is 11.1 Å². The Morgan fingerprint density at radius 2 is 1.94 bits per heavy atom. The standard InChI is InChI=1S/C10H10N6O2/c1-18-10(17)9-4-7(5-13-15-11)2-3-8(9)6-14-16-12/h2-4H,5-6H2,1H3. The van der Waals surface area contributed by atoms with Crippen LogP contribution in [0.5, 0.6) is 0 Å². The molecule has 1 aromatic rings. The van der Waals surface area contributed by atoms with Crippen molar-refractivity contribution < 1.29 is 9.53 Å². The molecule has 0 saturated heterocycles. The molecule has 0 N–H and O–H groups in total. The smallest absolute Gasteiger partial charge is 0.338 e. The van der Waals surface area contributed by atoms with E-state index in [9.17, 15) is 4.79 Å². The number of carbonyl (C=O) groups is 1. The number of hydrogen-bond acceptors (Lipinski definition) is 4. The SMILES string of the molecule is COC(=O)c1cc(CN=[N+]=[N-])ccc1CN=[N+]=[N-]. The van der Waals surface area contributed by atoms with Crippen molar-refractivity contribution >= 4 is 5.97 Å². The second-order valence-corrected chi connectivity index (χ2v) is 3.26. The maximum absolute atomic E-state index is 11.6. The molecule has 0 aromatic heterocycles. The maximum atomic E-state index is 11.6. The Balaban J connectivity index is 3.14. The summed E-state index contributed by atoms with van der Waals surface area (Å²) in [7, 11) is 1.26. The molecule has 8 heteroatoms. The highest BCUT2D eigenvalue weighted by molar-refractivity contribution is 5.91. The van der Waals surface area contributed by atoms with Crippen molar-refractivity contribution in [1.82, 2.24) is 0 Å². The van der Waals surface area contributed by atoms with Gasteiger partial charge in [0.25, 0.3) is 0 Å². The maximum Gasteiger partial charge on any atom is 0.338 e. The van der Waals surface area contributed by atoms with E-state index in [1.807, 2.05) is 0 Å². The first-order chi connectivity index (χ1) is 8.72. The number of rotatable bonds is 5. The summed E-state index contributed by atoms with van der Waals surface area (Å²) in [6.07, 6.45) is 0. The summed E-state index contributed by atoms with van der Waals surface area (Å²) in [4.78, 5) is 16.8. The summed E-state index contributed by atoms with van der Waals surface area (Å²) in [5.41, 5.74) is 18.0. The van der Waals surface area contributed by atoms with Crippen molar-refractivity contribution in [2.75, 3.05) is 7.11 Å². The molecule has 0 amide bonds. The Morgan fingerprint density at radius 3 is 2.56 bits per heavy atom. The van der Waals surface area contributed by atoms with Gasteiger partial charge >= 0.3 is 5.97 Å². The molecule has 0 radical (unpaired) electrons. The van der Waals surface area contributed by atoms with E-state index in [0.717, 1.165) is 0 Å². The van der Waals surface area contributed by atoms with E-state index < -0.39 is 5.97 Å². The molecule has 0 fully saturated rings. The van der Waals surface area contributed by atoms with Crippen LogP contribution in [0.2, 0.25) is 0 Å². The van der Waals surface area contributed by atoms with Crippen LogP contribution in [0.3, 0.4) is 0 Å². The summed E-state index contributed by atoms with van der Waals surface area (Å²) in [5.74, 6) is -0.527. The second-order valence-electron chi connectivity index (χ2n) is 3.26. The van der Waals surface area contributed by atoms with Crippen LogP contribution in [0, 0.1) is 0 Å². The topological polar surface area (TPSA) is 124 Å². The van der Waals surface area contributed by atoms with E-state index in [0.29, 0.717) is 16.7 Å². The van der Waals surface area contributed by atoms with Crippen molar-refractivity contribution in [2.45, 2.75) is 13.1 Å². The molecule has 0 atom stereocenters. The van der Waals surface area contributed by atoms with Gasteiger partial charge in [0.1, 0.15) is 0 Å². The highest BCUT2D eigenvalue weighted by atomic mass is 16.5. The predicted molar refractivity (Wildman–Crippen MR) is 63.5 cm³/mol. The molecule has 8 nitrogen and oxygen atoms in total. The zero-order valence-electron chi connectivity index (χ0n) is 9.65. The van der Waals surface area contributed by atoms with E-state index >= 15 is 0 Å². The zero-order valence-corrected chi connectivity index (χ0v) is 9.65. The van der Waals surface area contributed by atoms with Gasteiger partial charge in [0.15, 0.2) is 0 Å². The Labute approximate surface area is 102 Å². The summed E-state index contributed by atoms with van der Waals surface area (Å²) in [6.45, 7) is 0.199. The van der Waals surface area contributed by atoms with Gasteiger partial charge < -0.3 is 4.74 Å². The molecule has 0 unspecified atom stereocenters. The number of hydrogen-bond donors (Lipinski definition) is 0. The van der Waals surface area contributed by atoms with Gasteiger partial charge in [-0.2, -0.15) is 0 Å². The first kappa shape index (κ1) is 13.4. The molecule has 0 aliphatic heterocycles. The second kappa shape index (κ2) is 6.80. The molecule has 18 heavy (non-hydrogen) atoms. The van der Waals surface area contributed by atoms with Crippen LogP contribution >= 0.6 is 0 Å². The fraction of sp³-hybridized carbons (Fsp3) is 0.300. The van der Waals surface area contributed by atoms with Crippen LogP contribution in [0.15, 0.2) is 28.4 Å². The number of esters is 1. The number of nitrogens with zero attached hydrogens (tertiary/aromatic N) is 6. The number of carbonyl (C=O) groups excluding carboxylic acids is 1. The molecule has 1 rings (SSSR count). The molecule has 0 saturated carbocycles. The molecule has 92 valence electrons. The van der Waals surface area contributed by atoms with Crippen LogP contribution in [0.4, 0.5) is 0 Å². The van der Waals surface area contributed by atoms with Crippen molar-refractivity contribution in [3.8, 4) is 0 Å². The zero-order chi connectivity index (χ0) is 13.4. The summed E-state index contributed by atoms with van der Waals surface area (Å²) in [6, 6.07) is 4.90. The van der Waals surface area contributed by atoms with Crippen molar-refractivity contribution in [1.29, 1.82) is 0 Å². The fourth-order valence-corrected chi connectivity index (χ4v) is 1.38. The monoisotopic (exact) mass is 246 g/mol. The average Bonchev–Trinajstić information content (AvgIpc) is 2.42. The normalized spacial score (nSPS) is 8.94. The number of azide groups is 2. The van der Waals surface area contributed by atoms with Crippen LogP contribution in [0.25, 0.3) is 20.9 Å². The number of methoxy groups -OCH3 is 1. The van der Waals surface area contributed by atoms with Crippen molar-refractivity contribution in [2.24, 2.45) is 10.2 Å². The van der Waals surface area contributed by atoms with Crippen LogP contribution in [0.1, 0.15) is 21.5 Å². The van der Waals surface area contributed by atoms with Gasteiger partial charge in [-0.05, 0) is 28.3 Å². The summed E-state index contributed by atoms with van der Waals surface area (Å²) in [5, 5.41) is 6.81. The Hall–Kier alpha value is -2.69. The first-order valence-corrected chi connectivity index (χ1v) is 4.94. The van der Waals surface area contributed by atoms with Crippen molar-refractivity contribution in [3.63, 3.8) is 0 Å². The van der Waals surface area contributed by atoms with Crippen LogP contribution in [-0.2, 0) is 17.8 Å². The summed E-state index contributed by atoms with van der Waals surface area (Å²) < 4.78 is 4.64. The first-order valence-electron chi connectivity index (χ1n) is 4.94. The molecule has 0 aliphatic rings. The third-order valence-corrected chi connectivity index (χ3v) is 2.20. The Kier molecular flexibility index (Phi) is 5.05. The van der Waals surface area contributed by atoms with E-state index in [1.165, 1.54) is 7.11 Å². The van der Waals surface area contributed by atoms with Crippen LogP contribution in [-0.4, -0.2) is 13.1 Å². The molecule has 0 bridgehead atoms. The average molecular weight is 246 g/mol. The lowest BCUT2D eigenvalue weighted by Gasteiger charge is -2.07. The molecule has 1 aromatic carbocycles. The molecule has 0 spiro atoms. The van der Waals surface area contributed by atoms with E-state index in [2.05, 4.69) is 24.8 Å². The van der Waals surface area contributed by atoms with Gasteiger partial charge in [-0.25, -0.2) is 4.79 Å². The van der Waals surface area contributed by atoms with E-state index in [-0.39, 0.29) is 13.1 Å². The van der Waals surface area contributed by atoms with Gasteiger partial charge in [0.2, 0.25) is 0 Å². The van der Waals surface area contributed by atoms with Gasteiger partial charge in [0.05, 0.1) is 25.8 Å². The Morgan fingerprint density at radius 1 is 1.28 bits per heavy atom. The number of ether oxygens (including phenoxy) is 1. The lowest BCUT2D eigenvalue weighted by atomic mass is 10.0. The lowest BCUT2D eigenvalue weighted by Crippen LogP contribution is -2.06. The van der Waals surface area contributed by atoms with Gasteiger partial charge in [-0.15, -0.1) is 0 Å². The van der Waals surface area contributed by atoms with Gasteiger partial charge in [-0.1, -0.05) is 22.4 Å². The molecule has 0 heterocycles. The summed E-state index contributed by atoms with van der Waals surface area (Å²) >= 11 is 0. The minimum atomic E-state index is -0.527.